The molecule has 0 unspecified atom stereocenters. The number of carbonyl (C=O) groups is 2. The van der Waals surface area contributed by atoms with Crippen molar-refractivity contribution in [2.45, 2.75) is 62.8 Å². The number of carboxylic acid groups (broad SMARTS) is 1. The molecule has 2 saturated heterocycles. The van der Waals surface area contributed by atoms with Crippen molar-refractivity contribution in [3.8, 4) is 0 Å². The van der Waals surface area contributed by atoms with E-state index in [0.29, 0.717) is 18.4 Å². The highest BCUT2D eigenvalue weighted by atomic mass is 32.2. The summed E-state index contributed by atoms with van der Waals surface area (Å²) in [5.74, 6) is -1.79. The number of hydrogen-bond acceptors (Lipinski definition) is 4. The maximum atomic E-state index is 15.3. The van der Waals surface area contributed by atoms with E-state index in [9.17, 15) is 23.1 Å². The van der Waals surface area contributed by atoms with Gasteiger partial charge in [-0.25, -0.2) is 12.8 Å². The third-order valence-corrected chi connectivity index (χ3v) is 9.97. The smallest absolute Gasteiger partial charge is 0.314 e. The Morgan fingerprint density at radius 3 is 2.31 bits per heavy atom. The van der Waals surface area contributed by atoms with E-state index in [1.807, 2.05) is 25.1 Å². The minimum absolute atomic E-state index is 0.114. The van der Waals surface area contributed by atoms with Crippen LogP contribution in [0.3, 0.4) is 0 Å². The Bertz CT molecular complexity index is 1210. The third-order valence-electron chi connectivity index (χ3n) is 7.60. The van der Waals surface area contributed by atoms with Crippen LogP contribution in [0.2, 0.25) is 0 Å². The largest absolute Gasteiger partial charge is 0.481 e. The van der Waals surface area contributed by atoms with Gasteiger partial charge < -0.3 is 10.0 Å². The zero-order valence-electron chi connectivity index (χ0n) is 20.0. The first-order chi connectivity index (χ1) is 16.6. The summed E-state index contributed by atoms with van der Waals surface area (Å²) in [5.41, 5.74) is -0.0138. The van der Waals surface area contributed by atoms with Crippen LogP contribution < -0.4 is 0 Å². The molecule has 1 amide bonds. The quantitative estimate of drug-likeness (QED) is 0.670. The highest BCUT2D eigenvalue weighted by Gasteiger charge is 2.44. The van der Waals surface area contributed by atoms with Gasteiger partial charge in [-0.2, -0.15) is 4.31 Å². The number of aliphatic carboxylic acids is 1. The summed E-state index contributed by atoms with van der Waals surface area (Å²) in [6, 6.07) is 13.1. The molecule has 2 aliphatic rings. The molecule has 0 bridgehead atoms. The van der Waals surface area contributed by atoms with Gasteiger partial charge in [0.15, 0.2) is 0 Å². The minimum atomic E-state index is -3.72. The molecule has 0 radical (unpaired) electrons. The van der Waals surface area contributed by atoms with Gasteiger partial charge in [0.25, 0.3) is 0 Å². The summed E-state index contributed by atoms with van der Waals surface area (Å²) in [5, 5.41) is 9.34. The maximum absolute atomic E-state index is 15.3. The van der Waals surface area contributed by atoms with Crippen molar-refractivity contribution in [1.29, 1.82) is 0 Å². The average Bonchev–Trinajstić information content (AvgIpc) is 2.82. The van der Waals surface area contributed by atoms with E-state index in [-0.39, 0.29) is 50.0 Å². The average molecular weight is 503 g/mol. The number of carboxylic acids is 1. The second kappa shape index (κ2) is 9.70. The highest BCUT2D eigenvalue weighted by molar-refractivity contribution is 7.89. The van der Waals surface area contributed by atoms with Crippen LogP contribution in [0.15, 0.2) is 48.5 Å². The molecule has 0 aliphatic carbocycles. The molecule has 188 valence electrons. The molecule has 2 atom stereocenters. The van der Waals surface area contributed by atoms with Gasteiger partial charge in [-0.3, -0.25) is 9.59 Å². The van der Waals surface area contributed by atoms with Gasteiger partial charge in [0.2, 0.25) is 15.9 Å². The van der Waals surface area contributed by atoms with E-state index < -0.39 is 32.5 Å². The van der Waals surface area contributed by atoms with Gasteiger partial charge in [0.1, 0.15) is 11.1 Å². The molecule has 4 rings (SSSR count). The van der Waals surface area contributed by atoms with Crippen molar-refractivity contribution < 1.29 is 27.5 Å². The van der Waals surface area contributed by atoms with Crippen LogP contribution in [0.1, 0.15) is 61.5 Å². The van der Waals surface area contributed by atoms with Crippen LogP contribution in [0, 0.1) is 5.82 Å². The van der Waals surface area contributed by atoms with Crippen LogP contribution in [-0.2, 0) is 31.6 Å². The van der Waals surface area contributed by atoms with E-state index in [4.69, 9.17) is 0 Å². The third kappa shape index (κ3) is 4.71. The number of piperidine rings is 1. The number of rotatable bonds is 5. The zero-order chi connectivity index (χ0) is 25.4. The van der Waals surface area contributed by atoms with E-state index in [0.717, 1.165) is 5.56 Å². The number of carbonyl (C=O) groups excluding carboxylic acids is 1. The molecule has 2 aromatic rings. The topological polar surface area (TPSA) is 95.0 Å². The first-order valence-corrected chi connectivity index (χ1v) is 13.4. The van der Waals surface area contributed by atoms with Gasteiger partial charge in [0, 0.05) is 38.2 Å². The normalized spacial score (nSPS) is 24.1. The number of amides is 1. The van der Waals surface area contributed by atoms with Gasteiger partial charge in [-0.05, 0) is 49.8 Å². The summed E-state index contributed by atoms with van der Waals surface area (Å²) < 4.78 is 43.6. The predicted octanol–water partition coefficient (Wildman–Crippen LogP) is 3.85. The summed E-state index contributed by atoms with van der Waals surface area (Å²) in [6.45, 7) is 3.73. The standard InChI is InChI=1S/C26H31FN2O5S/c1-18-8-11-24(20-6-4-3-5-7-20)35(33,34)29(18)17-21-9-10-22(16-23(21)27)26(25(31)32)12-14-28(15-13-26)19(2)30/h3-7,9-10,16,18,24H,8,11-15,17H2,1-2H3,(H,31,32)/t18-,24+/m0/s1. The number of likely N-dealkylation sites (tertiary alicyclic amines) is 1. The lowest BCUT2D eigenvalue weighted by molar-refractivity contribution is -0.148. The van der Waals surface area contributed by atoms with Crippen molar-refractivity contribution in [3.05, 3.63) is 71.0 Å². The lowest BCUT2D eigenvalue weighted by Crippen LogP contribution is -2.48. The fraction of sp³-hybridized carbons (Fsp3) is 0.462. The van der Waals surface area contributed by atoms with Crippen LogP contribution in [0.25, 0.3) is 0 Å². The number of hydrogen-bond donors (Lipinski definition) is 1. The Balaban J connectivity index is 1.60. The van der Waals surface area contributed by atoms with Gasteiger partial charge in [0.05, 0.1) is 5.41 Å². The first-order valence-electron chi connectivity index (χ1n) is 11.9. The molecular formula is C26H31FN2O5S. The lowest BCUT2D eigenvalue weighted by atomic mass is 9.72. The molecule has 2 heterocycles. The SMILES string of the molecule is CC(=O)N1CCC(C(=O)O)(c2ccc(CN3[C@@H](C)CC[C@H](c4ccccc4)S3(=O)=O)c(F)c2)CC1. The van der Waals surface area contributed by atoms with E-state index in [1.54, 1.807) is 23.1 Å². The van der Waals surface area contributed by atoms with Crippen molar-refractivity contribution in [2.75, 3.05) is 13.1 Å². The van der Waals surface area contributed by atoms with Crippen molar-refractivity contribution >= 4 is 21.9 Å². The number of sulfonamides is 1. The Labute approximate surface area is 205 Å². The summed E-state index contributed by atoms with van der Waals surface area (Å²) in [7, 11) is -3.72. The van der Waals surface area contributed by atoms with Crippen LogP contribution >= 0.6 is 0 Å². The van der Waals surface area contributed by atoms with Crippen LogP contribution in [0.4, 0.5) is 4.39 Å². The predicted molar refractivity (Wildman–Crippen MR) is 130 cm³/mol. The molecule has 35 heavy (non-hydrogen) atoms. The fourth-order valence-electron chi connectivity index (χ4n) is 5.32. The molecule has 0 saturated carbocycles. The monoisotopic (exact) mass is 502 g/mol. The van der Waals surface area contributed by atoms with E-state index in [1.165, 1.54) is 23.4 Å². The van der Waals surface area contributed by atoms with Crippen molar-refractivity contribution in [2.24, 2.45) is 0 Å². The number of benzene rings is 2. The molecular weight excluding hydrogens is 471 g/mol. The number of halogens is 1. The molecule has 9 heteroatoms. The molecule has 0 spiro atoms. The highest BCUT2D eigenvalue weighted by Crippen LogP contribution is 2.40. The second-order valence-electron chi connectivity index (χ2n) is 9.62. The Kier molecular flexibility index (Phi) is 7.02. The second-order valence-corrected chi connectivity index (χ2v) is 11.7. The van der Waals surface area contributed by atoms with Gasteiger partial charge in [-0.15, -0.1) is 0 Å². The molecule has 2 aliphatic heterocycles. The van der Waals surface area contributed by atoms with Gasteiger partial charge in [-0.1, -0.05) is 42.5 Å². The van der Waals surface area contributed by atoms with Crippen LogP contribution in [0.5, 0.6) is 0 Å². The van der Waals surface area contributed by atoms with Crippen LogP contribution in [-0.4, -0.2) is 53.7 Å². The Morgan fingerprint density at radius 1 is 1.09 bits per heavy atom. The van der Waals surface area contributed by atoms with Crippen molar-refractivity contribution in [3.63, 3.8) is 0 Å². The molecule has 2 fully saturated rings. The fourth-order valence-corrected chi connectivity index (χ4v) is 7.51. The minimum Gasteiger partial charge on any atom is -0.481 e. The van der Waals surface area contributed by atoms with Crippen molar-refractivity contribution in [1.82, 2.24) is 9.21 Å². The maximum Gasteiger partial charge on any atom is 0.314 e. The van der Waals surface area contributed by atoms with E-state index >= 15 is 4.39 Å². The Hall–Kier alpha value is -2.78. The number of nitrogens with zero attached hydrogens (tertiary/aromatic N) is 2. The summed E-state index contributed by atoms with van der Waals surface area (Å²) >= 11 is 0. The molecule has 2 aromatic carbocycles. The molecule has 1 N–H and O–H groups in total. The van der Waals surface area contributed by atoms with E-state index in [2.05, 4.69) is 0 Å². The molecule has 7 nitrogen and oxygen atoms in total. The first kappa shape index (κ1) is 25.3. The Morgan fingerprint density at radius 2 is 1.74 bits per heavy atom. The summed E-state index contributed by atoms with van der Waals surface area (Å²) in [6.07, 6.45) is 1.55. The molecule has 0 aromatic heterocycles. The lowest BCUT2D eigenvalue weighted by Gasteiger charge is -2.39. The zero-order valence-corrected chi connectivity index (χ0v) is 20.8. The summed E-state index contributed by atoms with van der Waals surface area (Å²) in [4.78, 5) is 25.5. The van der Waals surface area contributed by atoms with Gasteiger partial charge >= 0.3 is 5.97 Å².